The Hall–Kier alpha value is -2.52. The normalized spacial score (nSPS) is 16.4. The molecule has 1 fully saturated rings. The van der Waals surface area contributed by atoms with Crippen LogP contribution in [0.2, 0.25) is 0 Å². The van der Waals surface area contributed by atoms with Gasteiger partial charge in [0, 0.05) is 12.2 Å². The summed E-state index contributed by atoms with van der Waals surface area (Å²) in [5.41, 5.74) is 0.393. The van der Waals surface area contributed by atoms with Crippen molar-refractivity contribution < 1.29 is 27.1 Å². The van der Waals surface area contributed by atoms with E-state index in [2.05, 4.69) is 20.3 Å². The zero-order valence-electron chi connectivity index (χ0n) is 15.9. The fraction of sp³-hybridized carbons (Fsp3) is 0.450. The number of ether oxygens (including phenoxy) is 1. The molecule has 0 radical (unpaired) electrons. The Morgan fingerprint density at radius 2 is 1.86 bits per heavy atom. The number of alkyl halides is 3. The summed E-state index contributed by atoms with van der Waals surface area (Å²) in [4.78, 5) is 14.5. The molecule has 2 aromatic rings. The number of halogens is 3. The van der Waals surface area contributed by atoms with Gasteiger partial charge in [0.15, 0.2) is 0 Å². The first kappa shape index (κ1) is 21.2. The van der Waals surface area contributed by atoms with Gasteiger partial charge in [-0.1, -0.05) is 6.42 Å². The number of carbonyl (C=O) groups excluding carboxylic acids is 1. The number of piperidine rings is 1. The summed E-state index contributed by atoms with van der Waals surface area (Å²) in [6, 6.07) is 8.87. The van der Waals surface area contributed by atoms with Crippen LogP contribution in [-0.2, 0) is 4.79 Å². The predicted molar refractivity (Wildman–Crippen MR) is 101 cm³/mol. The van der Waals surface area contributed by atoms with E-state index in [1.165, 1.54) is 18.6 Å². The fourth-order valence-electron chi connectivity index (χ4n) is 3.39. The Kier molecular flexibility index (Phi) is 7.16. The van der Waals surface area contributed by atoms with Crippen LogP contribution in [0.15, 0.2) is 47.1 Å². The van der Waals surface area contributed by atoms with Crippen LogP contribution in [0.3, 0.4) is 0 Å². The first-order valence-electron chi connectivity index (χ1n) is 9.54. The molecule has 1 aromatic carbocycles. The maximum absolute atomic E-state index is 12.2. The largest absolute Gasteiger partial charge is 0.573 e. The van der Waals surface area contributed by atoms with Crippen molar-refractivity contribution in [2.45, 2.75) is 31.7 Å². The maximum Gasteiger partial charge on any atom is 0.573 e. The fourth-order valence-corrected chi connectivity index (χ4v) is 3.39. The van der Waals surface area contributed by atoms with Crippen molar-refractivity contribution >= 4 is 11.6 Å². The highest BCUT2D eigenvalue weighted by Crippen LogP contribution is 2.25. The summed E-state index contributed by atoms with van der Waals surface area (Å²) in [7, 11) is 0. The molecule has 2 heterocycles. The van der Waals surface area contributed by atoms with Crippen molar-refractivity contribution in [1.29, 1.82) is 0 Å². The van der Waals surface area contributed by atoms with Crippen LogP contribution in [0.5, 0.6) is 5.75 Å². The van der Waals surface area contributed by atoms with E-state index in [1.807, 2.05) is 12.1 Å². The van der Waals surface area contributed by atoms with Gasteiger partial charge in [0.2, 0.25) is 5.91 Å². The monoisotopic (exact) mass is 411 g/mol. The summed E-state index contributed by atoms with van der Waals surface area (Å²) in [5.74, 6) is 0.239. The molecule has 0 unspecified atom stereocenters. The van der Waals surface area contributed by atoms with Gasteiger partial charge >= 0.3 is 6.36 Å². The predicted octanol–water partition coefficient (Wildman–Crippen LogP) is 3.93. The lowest BCUT2D eigenvalue weighted by Gasteiger charge is -2.33. The number of hydrogen-bond acceptors (Lipinski definition) is 5. The Morgan fingerprint density at radius 3 is 2.48 bits per heavy atom. The van der Waals surface area contributed by atoms with E-state index in [4.69, 9.17) is 4.42 Å². The highest BCUT2D eigenvalue weighted by Gasteiger charge is 2.31. The first-order valence-corrected chi connectivity index (χ1v) is 9.54. The van der Waals surface area contributed by atoms with E-state index in [0.29, 0.717) is 12.2 Å². The third-order valence-corrected chi connectivity index (χ3v) is 4.70. The van der Waals surface area contributed by atoms with E-state index in [0.717, 1.165) is 43.8 Å². The van der Waals surface area contributed by atoms with Gasteiger partial charge in [0.25, 0.3) is 0 Å². The molecule has 9 heteroatoms. The third-order valence-electron chi connectivity index (χ3n) is 4.70. The second-order valence-corrected chi connectivity index (χ2v) is 6.88. The number of benzene rings is 1. The number of amides is 1. The summed E-state index contributed by atoms with van der Waals surface area (Å²) in [6.45, 7) is 2.61. The van der Waals surface area contributed by atoms with Gasteiger partial charge in [-0.3, -0.25) is 9.69 Å². The molecule has 1 amide bonds. The molecule has 1 aliphatic rings. The SMILES string of the molecule is O=C(CNC[C@@H](c1ccco1)N1CCCCC1)Nc1ccc(OC(F)(F)F)cc1. The average Bonchev–Trinajstić information content (AvgIpc) is 3.21. The number of rotatable bonds is 8. The zero-order chi connectivity index (χ0) is 20.7. The van der Waals surface area contributed by atoms with Crippen LogP contribution in [0, 0.1) is 0 Å². The second kappa shape index (κ2) is 9.80. The molecule has 0 aliphatic carbocycles. The van der Waals surface area contributed by atoms with Gasteiger partial charge in [0.1, 0.15) is 11.5 Å². The number of nitrogens with one attached hydrogen (secondary N) is 2. The highest BCUT2D eigenvalue weighted by molar-refractivity contribution is 5.92. The van der Waals surface area contributed by atoms with Gasteiger partial charge in [-0.25, -0.2) is 0 Å². The molecule has 1 saturated heterocycles. The lowest BCUT2D eigenvalue weighted by molar-refractivity contribution is -0.274. The van der Waals surface area contributed by atoms with E-state index in [1.54, 1.807) is 6.26 Å². The van der Waals surface area contributed by atoms with Crippen LogP contribution < -0.4 is 15.4 Å². The summed E-state index contributed by atoms with van der Waals surface area (Å²) >= 11 is 0. The van der Waals surface area contributed by atoms with E-state index in [-0.39, 0.29) is 24.2 Å². The molecular weight excluding hydrogens is 387 g/mol. The van der Waals surface area contributed by atoms with Crippen molar-refractivity contribution in [2.24, 2.45) is 0 Å². The molecular formula is C20H24F3N3O3. The van der Waals surface area contributed by atoms with Crippen LogP contribution >= 0.6 is 0 Å². The van der Waals surface area contributed by atoms with Crippen molar-refractivity contribution in [1.82, 2.24) is 10.2 Å². The van der Waals surface area contributed by atoms with Gasteiger partial charge in [0.05, 0.1) is 18.8 Å². The molecule has 0 saturated carbocycles. The van der Waals surface area contributed by atoms with E-state index >= 15 is 0 Å². The average molecular weight is 411 g/mol. The van der Waals surface area contributed by atoms with Crippen LogP contribution in [0.1, 0.15) is 31.1 Å². The van der Waals surface area contributed by atoms with Crippen molar-refractivity contribution in [3.63, 3.8) is 0 Å². The Bertz CT molecular complexity index is 758. The number of carbonyl (C=O) groups is 1. The summed E-state index contributed by atoms with van der Waals surface area (Å²) in [5, 5.41) is 5.79. The first-order chi connectivity index (χ1) is 13.9. The molecule has 3 rings (SSSR count). The van der Waals surface area contributed by atoms with Crippen molar-refractivity contribution in [3.8, 4) is 5.75 Å². The van der Waals surface area contributed by atoms with Gasteiger partial charge in [-0.05, 0) is 62.3 Å². The summed E-state index contributed by atoms with van der Waals surface area (Å²) in [6.07, 6.45) is 0.417. The number of hydrogen-bond donors (Lipinski definition) is 2. The van der Waals surface area contributed by atoms with Crippen molar-refractivity contribution in [2.75, 3.05) is 31.5 Å². The number of likely N-dealkylation sites (tertiary alicyclic amines) is 1. The van der Waals surface area contributed by atoms with Gasteiger partial charge in [-0.15, -0.1) is 13.2 Å². The molecule has 2 N–H and O–H groups in total. The molecule has 1 atom stereocenters. The smallest absolute Gasteiger partial charge is 0.468 e. The van der Waals surface area contributed by atoms with Crippen LogP contribution in [-0.4, -0.2) is 43.3 Å². The standard InChI is InChI=1S/C20H24F3N3O3/c21-20(22,23)29-16-8-6-15(7-9-16)25-19(27)14-24-13-17(18-5-4-12-28-18)26-10-2-1-3-11-26/h4-9,12,17,24H,1-3,10-11,13-14H2,(H,25,27)/t17-/m0/s1. The number of nitrogens with zero attached hydrogens (tertiary/aromatic N) is 1. The topological polar surface area (TPSA) is 66.7 Å². The lowest BCUT2D eigenvalue weighted by Crippen LogP contribution is -2.40. The second-order valence-electron chi connectivity index (χ2n) is 6.88. The van der Waals surface area contributed by atoms with Gasteiger partial charge < -0.3 is 19.8 Å². The minimum Gasteiger partial charge on any atom is -0.468 e. The molecule has 1 aromatic heterocycles. The number of furan rings is 1. The molecule has 158 valence electrons. The minimum absolute atomic E-state index is 0.0527. The number of anilines is 1. The van der Waals surface area contributed by atoms with E-state index < -0.39 is 6.36 Å². The molecule has 0 bridgehead atoms. The summed E-state index contributed by atoms with van der Waals surface area (Å²) < 4.78 is 45.9. The Labute approximate surface area is 167 Å². The maximum atomic E-state index is 12.2. The quantitative estimate of drug-likeness (QED) is 0.689. The molecule has 0 spiro atoms. The van der Waals surface area contributed by atoms with Crippen molar-refractivity contribution in [3.05, 3.63) is 48.4 Å². The molecule has 1 aliphatic heterocycles. The zero-order valence-corrected chi connectivity index (χ0v) is 15.9. The Morgan fingerprint density at radius 1 is 1.14 bits per heavy atom. The minimum atomic E-state index is -4.74. The molecule has 6 nitrogen and oxygen atoms in total. The van der Waals surface area contributed by atoms with Crippen LogP contribution in [0.25, 0.3) is 0 Å². The van der Waals surface area contributed by atoms with Gasteiger partial charge in [-0.2, -0.15) is 0 Å². The Balaban J connectivity index is 1.48. The highest BCUT2D eigenvalue weighted by atomic mass is 19.4. The van der Waals surface area contributed by atoms with E-state index in [9.17, 15) is 18.0 Å². The lowest BCUT2D eigenvalue weighted by atomic mass is 10.1. The third kappa shape index (κ3) is 6.79. The van der Waals surface area contributed by atoms with Crippen LogP contribution in [0.4, 0.5) is 18.9 Å². The molecule has 29 heavy (non-hydrogen) atoms.